The van der Waals surface area contributed by atoms with E-state index in [4.69, 9.17) is 0 Å². The quantitative estimate of drug-likeness (QED) is 0.367. The third kappa shape index (κ3) is 5.25. The summed E-state index contributed by atoms with van der Waals surface area (Å²) in [5, 5.41) is 8.21. The van der Waals surface area contributed by atoms with Gasteiger partial charge in [0.1, 0.15) is 17.1 Å². The van der Waals surface area contributed by atoms with E-state index in [1.165, 1.54) is 6.07 Å². The van der Waals surface area contributed by atoms with Gasteiger partial charge in [0.15, 0.2) is 5.82 Å². The standard InChI is InChI=1S/C31H39FN4O2/c1-17(2)30-25-13-22(14-26(32)29(25)35-36(30)5)24-15-28(33-16-19(24)4)34-31(38)21-8-6-7-20(11-21)12-27(37)23-9-18(3)10-23/h13-18,20-21,23H,6-12H2,1-5H3,(H,33,34,38)/t18?,20-,21+,23?/m1/s1. The minimum Gasteiger partial charge on any atom is -0.310 e. The second-order valence-electron chi connectivity index (χ2n) is 12.1. The maximum absolute atomic E-state index is 15.1. The summed E-state index contributed by atoms with van der Waals surface area (Å²) in [6.07, 6.45) is 7.94. The van der Waals surface area contributed by atoms with Crippen molar-refractivity contribution < 1.29 is 14.0 Å². The van der Waals surface area contributed by atoms with E-state index in [-0.39, 0.29) is 35.4 Å². The maximum atomic E-state index is 15.1. The molecule has 202 valence electrons. The van der Waals surface area contributed by atoms with E-state index >= 15 is 4.39 Å². The van der Waals surface area contributed by atoms with Crippen molar-refractivity contribution in [1.82, 2.24) is 14.8 Å². The van der Waals surface area contributed by atoms with E-state index in [0.29, 0.717) is 29.5 Å². The van der Waals surface area contributed by atoms with Crippen LogP contribution in [0, 0.1) is 36.4 Å². The zero-order valence-corrected chi connectivity index (χ0v) is 23.2. The van der Waals surface area contributed by atoms with Crippen LogP contribution >= 0.6 is 0 Å². The summed E-state index contributed by atoms with van der Waals surface area (Å²) in [4.78, 5) is 30.3. The SMILES string of the molecule is Cc1cnc(NC(=O)[C@H]2CCC[C@@H](CC(=O)C3CC(C)C3)C2)cc1-c1cc(F)c2nn(C)c(C(C)C)c2c1. The lowest BCUT2D eigenvalue weighted by Gasteiger charge is -2.34. The van der Waals surface area contributed by atoms with E-state index in [1.54, 1.807) is 10.9 Å². The van der Waals surface area contributed by atoms with Crippen molar-refractivity contribution in [2.45, 2.75) is 78.6 Å². The number of anilines is 1. The van der Waals surface area contributed by atoms with E-state index in [0.717, 1.165) is 66.3 Å². The average molecular weight is 519 g/mol. The molecule has 0 unspecified atom stereocenters. The van der Waals surface area contributed by atoms with Gasteiger partial charge in [0.2, 0.25) is 5.91 Å². The molecule has 6 nitrogen and oxygen atoms in total. The molecule has 0 saturated heterocycles. The number of fused-ring (bicyclic) bond motifs is 1. The van der Waals surface area contributed by atoms with Crippen LogP contribution in [0.4, 0.5) is 10.2 Å². The van der Waals surface area contributed by atoms with E-state index < -0.39 is 0 Å². The van der Waals surface area contributed by atoms with Crippen molar-refractivity contribution in [2.75, 3.05) is 5.32 Å². The summed E-state index contributed by atoms with van der Waals surface area (Å²) in [5.41, 5.74) is 3.83. The minimum atomic E-state index is -0.360. The first-order valence-electron chi connectivity index (χ1n) is 14.1. The predicted octanol–water partition coefficient (Wildman–Crippen LogP) is 6.96. The number of ketones is 1. The number of pyridine rings is 1. The first kappa shape index (κ1) is 26.5. The highest BCUT2D eigenvalue weighted by Gasteiger charge is 2.34. The molecular weight excluding hydrogens is 479 g/mol. The Morgan fingerprint density at radius 2 is 1.89 bits per heavy atom. The van der Waals surface area contributed by atoms with E-state index in [9.17, 15) is 9.59 Å². The Balaban J connectivity index is 1.32. The smallest absolute Gasteiger partial charge is 0.228 e. The number of halogens is 1. The zero-order chi connectivity index (χ0) is 27.1. The van der Waals surface area contributed by atoms with Gasteiger partial charge in [0.25, 0.3) is 0 Å². The Bertz CT molecular complexity index is 1370. The minimum absolute atomic E-state index is 0.0438. The molecule has 7 heteroatoms. The highest BCUT2D eigenvalue weighted by Crippen LogP contribution is 2.38. The molecule has 2 saturated carbocycles. The van der Waals surface area contributed by atoms with Gasteiger partial charge < -0.3 is 5.32 Å². The van der Waals surface area contributed by atoms with Gasteiger partial charge in [-0.05, 0) is 91.7 Å². The fraction of sp³-hybridized carbons (Fsp3) is 0.548. The molecule has 2 heterocycles. The number of Topliss-reactive ketones (excluding diaryl/α,β-unsaturated/α-hetero) is 1. The number of aromatic nitrogens is 3. The number of nitrogens with zero attached hydrogens (tertiary/aromatic N) is 3. The van der Waals surface area contributed by atoms with Crippen LogP contribution in [0.15, 0.2) is 24.4 Å². The molecule has 0 bridgehead atoms. The summed E-state index contributed by atoms with van der Waals surface area (Å²) in [5.74, 6) is 1.71. The first-order valence-corrected chi connectivity index (χ1v) is 14.1. The van der Waals surface area contributed by atoms with Gasteiger partial charge in [-0.2, -0.15) is 5.10 Å². The third-order valence-corrected chi connectivity index (χ3v) is 8.62. The molecule has 1 amide bonds. The Kier molecular flexibility index (Phi) is 7.38. The predicted molar refractivity (Wildman–Crippen MR) is 148 cm³/mol. The summed E-state index contributed by atoms with van der Waals surface area (Å²) >= 11 is 0. The molecule has 1 N–H and O–H groups in total. The second-order valence-corrected chi connectivity index (χ2v) is 12.1. The Hall–Kier alpha value is -3.09. The number of rotatable bonds is 7. The summed E-state index contributed by atoms with van der Waals surface area (Å²) in [6, 6.07) is 5.33. The van der Waals surface area contributed by atoms with Crippen molar-refractivity contribution in [3.05, 3.63) is 41.5 Å². The van der Waals surface area contributed by atoms with Gasteiger partial charge >= 0.3 is 0 Å². The van der Waals surface area contributed by atoms with Gasteiger partial charge in [0, 0.05) is 42.6 Å². The number of amides is 1. The van der Waals surface area contributed by atoms with Crippen LogP contribution < -0.4 is 5.32 Å². The molecule has 0 radical (unpaired) electrons. The summed E-state index contributed by atoms with van der Waals surface area (Å²) in [7, 11) is 1.85. The number of hydrogen-bond acceptors (Lipinski definition) is 4. The molecule has 2 fully saturated rings. The van der Waals surface area contributed by atoms with Crippen LogP contribution in [0.2, 0.25) is 0 Å². The van der Waals surface area contributed by atoms with Gasteiger partial charge in [-0.3, -0.25) is 14.3 Å². The van der Waals surface area contributed by atoms with Gasteiger partial charge in [-0.1, -0.05) is 27.2 Å². The normalized spacial score (nSPS) is 23.4. The largest absolute Gasteiger partial charge is 0.310 e. The molecule has 0 spiro atoms. The van der Waals surface area contributed by atoms with E-state index in [1.807, 2.05) is 26.1 Å². The van der Waals surface area contributed by atoms with Crippen LogP contribution in [0.1, 0.15) is 82.9 Å². The number of aryl methyl sites for hydroxylation is 2. The van der Waals surface area contributed by atoms with Crippen LogP contribution in [0.25, 0.3) is 22.0 Å². The molecule has 2 aliphatic carbocycles. The molecular formula is C31H39FN4O2. The number of hydrogen-bond donors (Lipinski definition) is 1. The Morgan fingerprint density at radius 3 is 2.61 bits per heavy atom. The number of carbonyl (C=O) groups excluding carboxylic acids is 2. The summed E-state index contributed by atoms with van der Waals surface area (Å²) in [6.45, 7) is 8.29. The van der Waals surface area contributed by atoms with Crippen molar-refractivity contribution in [2.24, 2.45) is 30.7 Å². The maximum Gasteiger partial charge on any atom is 0.228 e. The second kappa shape index (κ2) is 10.6. The molecule has 3 aromatic rings. The lowest BCUT2D eigenvalue weighted by atomic mass is 9.70. The zero-order valence-electron chi connectivity index (χ0n) is 23.2. The monoisotopic (exact) mass is 518 g/mol. The molecule has 2 aromatic heterocycles. The Morgan fingerprint density at radius 1 is 1.13 bits per heavy atom. The fourth-order valence-electron chi connectivity index (χ4n) is 6.58. The average Bonchev–Trinajstić information content (AvgIpc) is 3.20. The molecule has 1 aromatic carbocycles. The van der Waals surface area contributed by atoms with Crippen molar-refractivity contribution in [1.29, 1.82) is 0 Å². The first-order chi connectivity index (χ1) is 18.1. The summed E-state index contributed by atoms with van der Waals surface area (Å²) < 4.78 is 16.9. The number of benzene rings is 1. The topological polar surface area (TPSA) is 76.9 Å². The molecule has 2 atom stereocenters. The third-order valence-electron chi connectivity index (χ3n) is 8.62. The van der Waals surface area contributed by atoms with Crippen molar-refractivity contribution >= 4 is 28.4 Å². The van der Waals surface area contributed by atoms with Gasteiger partial charge in [-0.15, -0.1) is 0 Å². The Labute approximate surface area is 224 Å². The highest BCUT2D eigenvalue weighted by molar-refractivity contribution is 5.93. The van der Waals surface area contributed by atoms with Crippen LogP contribution in [0.5, 0.6) is 0 Å². The van der Waals surface area contributed by atoms with E-state index in [2.05, 4.69) is 36.2 Å². The molecule has 2 aliphatic rings. The number of carbonyl (C=O) groups is 2. The number of nitrogens with one attached hydrogen (secondary N) is 1. The van der Waals surface area contributed by atoms with Crippen molar-refractivity contribution in [3.8, 4) is 11.1 Å². The van der Waals surface area contributed by atoms with Crippen LogP contribution in [-0.4, -0.2) is 26.5 Å². The lowest BCUT2D eigenvalue weighted by Crippen LogP contribution is -2.33. The molecule has 0 aliphatic heterocycles. The van der Waals surface area contributed by atoms with Gasteiger partial charge in [0.05, 0.1) is 0 Å². The van der Waals surface area contributed by atoms with Crippen LogP contribution in [0.3, 0.4) is 0 Å². The fourth-order valence-corrected chi connectivity index (χ4v) is 6.58. The molecule has 5 rings (SSSR count). The van der Waals surface area contributed by atoms with Gasteiger partial charge in [-0.25, -0.2) is 9.37 Å². The van der Waals surface area contributed by atoms with Crippen LogP contribution in [-0.2, 0) is 16.6 Å². The lowest BCUT2D eigenvalue weighted by molar-refractivity contribution is -0.129. The van der Waals surface area contributed by atoms with Crippen molar-refractivity contribution in [3.63, 3.8) is 0 Å². The highest BCUT2D eigenvalue weighted by atomic mass is 19.1. The molecule has 38 heavy (non-hydrogen) atoms.